The molecule has 1 aromatic heterocycles. The molecule has 0 aliphatic rings. The van der Waals surface area contributed by atoms with E-state index in [-0.39, 0.29) is 18.1 Å². The van der Waals surface area contributed by atoms with Gasteiger partial charge in [0.25, 0.3) is 0 Å². The molecule has 0 saturated carbocycles. The molecule has 0 radical (unpaired) electrons. The molecule has 0 saturated heterocycles. The Bertz CT molecular complexity index is 1000. The van der Waals surface area contributed by atoms with Crippen LogP contribution in [0.2, 0.25) is 0 Å². The number of para-hydroxylation sites is 1. The molecule has 0 N–H and O–H groups in total. The SMILES string of the molecule is C#CCOc1ccccc1-c1oc(=O)c(-c2ccccc2)c([O-])[n+]1C. The smallest absolute Gasteiger partial charge is 0.386 e. The van der Waals surface area contributed by atoms with Crippen molar-refractivity contribution in [3.05, 3.63) is 65.0 Å². The lowest BCUT2D eigenvalue weighted by Crippen LogP contribution is -2.38. The van der Waals surface area contributed by atoms with Gasteiger partial charge >= 0.3 is 11.5 Å². The van der Waals surface area contributed by atoms with E-state index in [1.54, 1.807) is 55.6 Å². The summed E-state index contributed by atoms with van der Waals surface area (Å²) in [6.07, 6.45) is 5.22. The molecule has 0 spiro atoms. The molecule has 5 nitrogen and oxygen atoms in total. The third kappa shape index (κ3) is 3.10. The Morgan fingerprint density at radius 3 is 2.56 bits per heavy atom. The van der Waals surface area contributed by atoms with Crippen molar-refractivity contribution in [2.75, 3.05) is 6.61 Å². The summed E-state index contributed by atoms with van der Waals surface area (Å²) < 4.78 is 12.2. The zero-order valence-electron chi connectivity index (χ0n) is 13.6. The van der Waals surface area contributed by atoms with E-state index in [1.165, 1.54) is 4.57 Å². The number of benzene rings is 2. The van der Waals surface area contributed by atoms with Crippen molar-refractivity contribution in [1.82, 2.24) is 0 Å². The second-order valence-electron chi connectivity index (χ2n) is 5.29. The van der Waals surface area contributed by atoms with E-state index in [0.717, 1.165) is 0 Å². The largest absolute Gasteiger partial charge is 0.822 e. The van der Waals surface area contributed by atoms with Crippen molar-refractivity contribution >= 4 is 0 Å². The van der Waals surface area contributed by atoms with E-state index in [2.05, 4.69) is 5.92 Å². The molecule has 0 amide bonds. The minimum Gasteiger partial charge on any atom is -0.822 e. The third-order valence-corrected chi connectivity index (χ3v) is 3.71. The lowest BCUT2D eigenvalue weighted by Gasteiger charge is -2.12. The van der Waals surface area contributed by atoms with E-state index in [4.69, 9.17) is 15.6 Å². The fraction of sp³-hybridized carbons (Fsp3) is 0.100. The van der Waals surface area contributed by atoms with Gasteiger partial charge in [0.05, 0.1) is 0 Å². The molecule has 0 bridgehead atoms. The summed E-state index contributed by atoms with van der Waals surface area (Å²) in [5.41, 5.74) is 0.291. The van der Waals surface area contributed by atoms with Crippen molar-refractivity contribution in [2.24, 2.45) is 7.05 Å². The fourth-order valence-electron chi connectivity index (χ4n) is 2.52. The Labute approximate surface area is 144 Å². The van der Waals surface area contributed by atoms with Gasteiger partial charge in [0.2, 0.25) is 0 Å². The number of ether oxygens (including phenoxy) is 1. The van der Waals surface area contributed by atoms with Crippen LogP contribution in [0.4, 0.5) is 0 Å². The van der Waals surface area contributed by atoms with E-state index in [1.807, 2.05) is 6.07 Å². The standard InChI is InChI=1S/C20H15NO4/c1-3-13-24-16-12-8-7-11-15(16)19-21(2)18(22)17(20(23)25-19)14-9-5-4-6-10-14/h1,4-12H,13H2,2H3. The van der Waals surface area contributed by atoms with Gasteiger partial charge in [-0.15, -0.1) is 6.42 Å². The zero-order chi connectivity index (χ0) is 17.8. The highest BCUT2D eigenvalue weighted by Crippen LogP contribution is 2.29. The normalized spacial score (nSPS) is 10.2. The van der Waals surface area contributed by atoms with Gasteiger partial charge in [0, 0.05) is 0 Å². The highest BCUT2D eigenvalue weighted by atomic mass is 16.5. The Hall–Kier alpha value is -3.52. The first kappa shape index (κ1) is 16.3. The van der Waals surface area contributed by atoms with Crippen LogP contribution in [0.5, 0.6) is 11.6 Å². The van der Waals surface area contributed by atoms with Gasteiger partial charge in [-0.05, 0) is 17.7 Å². The quantitative estimate of drug-likeness (QED) is 0.540. The topological polar surface area (TPSA) is 66.4 Å². The van der Waals surface area contributed by atoms with Gasteiger partial charge < -0.3 is 14.3 Å². The highest BCUT2D eigenvalue weighted by molar-refractivity contribution is 5.67. The van der Waals surface area contributed by atoms with Crippen molar-refractivity contribution in [3.8, 4) is 46.6 Å². The summed E-state index contributed by atoms with van der Waals surface area (Å²) in [6, 6.07) is 15.6. The molecular weight excluding hydrogens is 318 g/mol. The number of terminal acetylenes is 1. The van der Waals surface area contributed by atoms with Crippen LogP contribution in [0.15, 0.2) is 63.8 Å². The van der Waals surface area contributed by atoms with Crippen LogP contribution in [0, 0.1) is 12.3 Å². The number of hydrogen-bond donors (Lipinski definition) is 0. The van der Waals surface area contributed by atoms with Gasteiger partial charge in [0.1, 0.15) is 30.5 Å². The number of nitrogens with zero attached hydrogens (tertiary/aromatic N) is 1. The lowest BCUT2D eigenvalue weighted by atomic mass is 10.1. The molecule has 3 aromatic rings. The molecule has 1 heterocycles. The summed E-state index contributed by atoms with van der Waals surface area (Å²) in [6.45, 7) is 0.0668. The van der Waals surface area contributed by atoms with Crippen LogP contribution in [0.3, 0.4) is 0 Å². The Morgan fingerprint density at radius 1 is 1.16 bits per heavy atom. The molecule has 0 aliphatic carbocycles. The summed E-state index contributed by atoms with van der Waals surface area (Å²) in [7, 11) is 1.55. The first-order valence-electron chi connectivity index (χ1n) is 7.58. The molecule has 124 valence electrons. The minimum absolute atomic E-state index is 0.00567. The van der Waals surface area contributed by atoms with Crippen LogP contribution < -0.4 is 20.0 Å². The number of aromatic nitrogens is 1. The van der Waals surface area contributed by atoms with Gasteiger partial charge in [-0.2, -0.15) is 4.57 Å². The monoisotopic (exact) mass is 333 g/mol. The van der Waals surface area contributed by atoms with Gasteiger partial charge in [-0.25, -0.2) is 4.79 Å². The van der Waals surface area contributed by atoms with E-state index < -0.39 is 11.5 Å². The van der Waals surface area contributed by atoms with Crippen molar-refractivity contribution in [2.45, 2.75) is 0 Å². The molecular formula is C20H15NO4. The fourth-order valence-corrected chi connectivity index (χ4v) is 2.52. The minimum atomic E-state index is -0.698. The van der Waals surface area contributed by atoms with Crippen molar-refractivity contribution < 1.29 is 18.8 Å². The van der Waals surface area contributed by atoms with E-state index in [9.17, 15) is 9.90 Å². The second kappa shape index (κ2) is 6.93. The van der Waals surface area contributed by atoms with Crippen LogP contribution in [-0.4, -0.2) is 6.61 Å². The molecule has 0 atom stereocenters. The second-order valence-corrected chi connectivity index (χ2v) is 5.29. The first-order valence-corrected chi connectivity index (χ1v) is 7.58. The summed E-state index contributed by atoms with van der Waals surface area (Å²) in [5, 5.41) is 12.7. The predicted molar refractivity (Wildman–Crippen MR) is 90.8 cm³/mol. The molecule has 0 aliphatic heterocycles. The molecule has 25 heavy (non-hydrogen) atoms. The van der Waals surface area contributed by atoms with Crippen LogP contribution >= 0.6 is 0 Å². The van der Waals surface area contributed by atoms with Gasteiger partial charge in [-0.3, -0.25) is 0 Å². The van der Waals surface area contributed by atoms with Crippen LogP contribution in [0.1, 0.15) is 0 Å². The number of hydrogen-bond acceptors (Lipinski definition) is 4. The Morgan fingerprint density at radius 2 is 1.84 bits per heavy atom. The van der Waals surface area contributed by atoms with Crippen LogP contribution in [-0.2, 0) is 7.05 Å². The maximum atomic E-state index is 12.7. The predicted octanol–water partition coefficient (Wildman–Crippen LogP) is 1.88. The maximum Gasteiger partial charge on any atom is 0.386 e. The van der Waals surface area contributed by atoms with Gasteiger partial charge in [0.15, 0.2) is 5.88 Å². The average Bonchev–Trinajstić information content (AvgIpc) is 2.64. The summed E-state index contributed by atoms with van der Waals surface area (Å²) in [5.74, 6) is 2.49. The average molecular weight is 333 g/mol. The molecule has 2 aromatic carbocycles. The lowest BCUT2D eigenvalue weighted by molar-refractivity contribution is -0.711. The van der Waals surface area contributed by atoms with E-state index in [0.29, 0.717) is 16.9 Å². The third-order valence-electron chi connectivity index (χ3n) is 3.71. The summed E-state index contributed by atoms with van der Waals surface area (Å²) >= 11 is 0. The maximum absolute atomic E-state index is 12.7. The van der Waals surface area contributed by atoms with Crippen molar-refractivity contribution in [1.29, 1.82) is 0 Å². The van der Waals surface area contributed by atoms with Crippen LogP contribution in [0.25, 0.3) is 22.6 Å². The highest BCUT2D eigenvalue weighted by Gasteiger charge is 2.24. The summed E-state index contributed by atoms with van der Waals surface area (Å²) in [4.78, 5) is 12.5. The molecule has 0 unspecified atom stereocenters. The molecule has 3 rings (SSSR count). The molecule has 5 heteroatoms. The zero-order valence-corrected chi connectivity index (χ0v) is 13.6. The molecule has 0 fully saturated rings. The van der Waals surface area contributed by atoms with E-state index >= 15 is 0 Å². The first-order chi connectivity index (χ1) is 12.1. The van der Waals surface area contributed by atoms with Crippen molar-refractivity contribution in [3.63, 3.8) is 0 Å². The number of rotatable bonds is 4. The van der Waals surface area contributed by atoms with Gasteiger partial charge in [-0.1, -0.05) is 48.4 Å². The Balaban J connectivity index is 2.18. The Kier molecular flexibility index (Phi) is 4.53.